The Hall–Kier alpha value is -4.50. The van der Waals surface area contributed by atoms with E-state index in [4.69, 9.17) is 17.2 Å². The number of fused-ring (bicyclic) bond motifs is 1. The quantitative estimate of drug-likeness (QED) is 0.110. The number of aliphatic hydroxyl groups excluding tert-OH is 1. The number of primary amides is 2. The number of aliphatic hydroxyl groups is 1. The number of para-hydroxylation sites is 1. The van der Waals surface area contributed by atoms with Crippen LogP contribution in [0.3, 0.4) is 0 Å². The number of carboxylic acids is 1. The molecule has 5 amide bonds. The molecule has 5 unspecified atom stereocenters. The van der Waals surface area contributed by atoms with Crippen LogP contribution in [0.2, 0.25) is 0 Å². The number of benzene rings is 1. The summed E-state index contributed by atoms with van der Waals surface area (Å²) in [5, 5.41) is 26.8. The number of carbonyl (C=O) groups is 6. The van der Waals surface area contributed by atoms with Gasteiger partial charge in [0.1, 0.15) is 24.2 Å². The van der Waals surface area contributed by atoms with Crippen LogP contribution in [0.25, 0.3) is 10.9 Å². The third-order valence-corrected chi connectivity index (χ3v) is 5.89. The Balaban J connectivity index is 2.33. The van der Waals surface area contributed by atoms with E-state index in [9.17, 15) is 39.0 Å². The lowest BCUT2D eigenvalue weighted by Crippen LogP contribution is -2.58. The maximum atomic E-state index is 13.4. The van der Waals surface area contributed by atoms with Crippen LogP contribution >= 0.6 is 0 Å². The van der Waals surface area contributed by atoms with Gasteiger partial charge in [-0.25, -0.2) is 4.79 Å². The van der Waals surface area contributed by atoms with Gasteiger partial charge in [-0.05, 0) is 25.0 Å². The van der Waals surface area contributed by atoms with E-state index in [2.05, 4.69) is 20.9 Å². The molecule has 0 bridgehead atoms. The summed E-state index contributed by atoms with van der Waals surface area (Å²) in [6, 6.07) is 1.39. The molecule has 212 valence electrons. The summed E-state index contributed by atoms with van der Waals surface area (Å²) in [6.45, 7) is 1.30. The molecule has 1 heterocycles. The maximum absolute atomic E-state index is 13.4. The Kier molecular flexibility index (Phi) is 10.9. The number of H-pyrrole nitrogens is 1. The molecule has 0 radical (unpaired) electrons. The van der Waals surface area contributed by atoms with Crippen molar-refractivity contribution in [1.29, 1.82) is 0 Å². The lowest BCUT2D eigenvalue weighted by atomic mass is 10.0. The summed E-state index contributed by atoms with van der Waals surface area (Å²) in [5.74, 6) is -6.04. The highest BCUT2D eigenvalue weighted by atomic mass is 16.4. The van der Waals surface area contributed by atoms with Gasteiger partial charge in [0.05, 0.1) is 12.5 Å². The molecule has 1 aromatic heterocycles. The van der Waals surface area contributed by atoms with Crippen LogP contribution in [0.4, 0.5) is 0 Å². The minimum atomic E-state index is -1.69. The van der Waals surface area contributed by atoms with Gasteiger partial charge in [-0.3, -0.25) is 24.0 Å². The Morgan fingerprint density at radius 2 is 1.49 bits per heavy atom. The van der Waals surface area contributed by atoms with Gasteiger partial charge < -0.3 is 48.3 Å². The van der Waals surface area contributed by atoms with Crippen molar-refractivity contribution in [3.05, 3.63) is 36.0 Å². The fourth-order valence-electron chi connectivity index (χ4n) is 3.72. The molecule has 0 spiro atoms. The second-order valence-electron chi connectivity index (χ2n) is 9.03. The number of aromatic amines is 1. The third kappa shape index (κ3) is 9.08. The van der Waals surface area contributed by atoms with Gasteiger partial charge in [0.2, 0.25) is 29.5 Å². The van der Waals surface area contributed by atoms with E-state index in [-0.39, 0.29) is 19.3 Å². The number of aliphatic carboxylic acids is 1. The highest BCUT2D eigenvalue weighted by molar-refractivity contribution is 5.95. The standard InChI is InChI=1S/C24H33N7O8/c1-11(32)20(27)23(37)30-16(8-12-10-28-14-5-3-2-4-13(12)14)22(36)29-15(6-7-18(25)33)21(35)31-17(24(38)39)9-19(26)34/h2-5,10-11,15-17,20,28,32H,6-9,27H2,1H3,(H2,25,33)(H2,26,34)(H,29,36)(H,30,37)(H,31,35)(H,38,39). The van der Waals surface area contributed by atoms with Crippen molar-refractivity contribution in [1.82, 2.24) is 20.9 Å². The first kappa shape index (κ1) is 30.7. The predicted molar refractivity (Wildman–Crippen MR) is 137 cm³/mol. The van der Waals surface area contributed by atoms with E-state index in [0.717, 1.165) is 10.9 Å². The van der Waals surface area contributed by atoms with Crippen molar-refractivity contribution in [2.24, 2.45) is 17.2 Å². The molecule has 5 atom stereocenters. The average molecular weight is 548 g/mol. The predicted octanol–water partition coefficient (Wildman–Crippen LogP) is -2.90. The van der Waals surface area contributed by atoms with Crippen molar-refractivity contribution in [2.45, 2.75) is 62.9 Å². The lowest BCUT2D eigenvalue weighted by Gasteiger charge is -2.25. The summed E-state index contributed by atoms with van der Waals surface area (Å²) >= 11 is 0. The molecular formula is C24H33N7O8. The Bertz CT molecular complexity index is 1230. The summed E-state index contributed by atoms with van der Waals surface area (Å²) in [7, 11) is 0. The molecule has 1 aromatic carbocycles. The molecule has 12 N–H and O–H groups in total. The summed E-state index contributed by atoms with van der Waals surface area (Å²) in [5.41, 5.74) is 17.4. The summed E-state index contributed by atoms with van der Waals surface area (Å²) in [4.78, 5) is 75.9. The number of carboxylic acid groups (broad SMARTS) is 1. The molecule has 0 fully saturated rings. The minimum Gasteiger partial charge on any atom is -0.480 e. The van der Waals surface area contributed by atoms with E-state index >= 15 is 0 Å². The number of nitrogens with one attached hydrogen (secondary N) is 4. The largest absolute Gasteiger partial charge is 0.480 e. The van der Waals surface area contributed by atoms with Gasteiger partial charge >= 0.3 is 5.97 Å². The summed E-state index contributed by atoms with van der Waals surface area (Å²) < 4.78 is 0. The molecule has 15 nitrogen and oxygen atoms in total. The van der Waals surface area contributed by atoms with Crippen LogP contribution in [0, 0.1) is 0 Å². The van der Waals surface area contributed by atoms with Gasteiger partial charge in [0.15, 0.2) is 0 Å². The fraction of sp³-hybridized carbons (Fsp3) is 0.417. The van der Waals surface area contributed by atoms with E-state index in [1.807, 2.05) is 6.07 Å². The fourth-order valence-corrected chi connectivity index (χ4v) is 3.72. The molecule has 0 aliphatic rings. The van der Waals surface area contributed by atoms with E-state index in [1.54, 1.807) is 24.4 Å². The Labute approximate surface area is 222 Å². The zero-order valence-electron chi connectivity index (χ0n) is 21.2. The van der Waals surface area contributed by atoms with Crippen LogP contribution in [-0.2, 0) is 35.2 Å². The highest BCUT2D eigenvalue weighted by Gasteiger charge is 2.32. The smallest absolute Gasteiger partial charge is 0.326 e. The molecule has 15 heteroatoms. The molecule has 0 saturated heterocycles. The van der Waals surface area contributed by atoms with E-state index in [0.29, 0.717) is 5.56 Å². The SMILES string of the molecule is CC(O)C(N)C(=O)NC(Cc1c[nH]c2ccccc12)C(=O)NC(CCC(N)=O)C(=O)NC(CC(N)=O)C(=O)O. The number of aromatic nitrogens is 1. The first-order valence-corrected chi connectivity index (χ1v) is 12.0. The summed E-state index contributed by atoms with van der Waals surface area (Å²) in [6.07, 6.45) is -1.01. The zero-order valence-corrected chi connectivity index (χ0v) is 21.2. The first-order chi connectivity index (χ1) is 18.3. The molecule has 0 saturated carbocycles. The number of amides is 5. The van der Waals surface area contributed by atoms with Crippen molar-refractivity contribution in [3.8, 4) is 0 Å². The number of hydrogen-bond acceptors (Lipinski definition) is 8. The molecule has 2 aromatic rings. The van der Waals surface area contributed by atoms with Gasteiger partial charge in [0, 0.05) is 29.9 Å². The van der Waals surface area contributed by atoms with Crippen molar-refractivity contribution in [2.75, 3.05) is 0 Å². The zero-order chi connectivity index (χ0) is 29.3. The van der Waals surface area contributed by atoms with Gasteiger partial charge in [0.25, 0.3) is 0 Å². The molecule has 0 aliphatic heterocycles. The maximum Gasteiger partial charge on any atom is 0.326 e. The Morgan fingerprint density at radius 3 is 2.08 bits per heavy atom. The van der Waals surface area contributed by atoms with Crippen LogP contribution in [0.5, 0.6) is 0 Å². The number of hydrogen-bond donors (Lipinski definition) is 9. The topological polar surface area (TPSA) is 273 Å². The normalized spacial score (nSPS) is 14.8. The second-order valence-corrected chi connectivity index (χ2v) is 9.03. The van der Waals surface area contributed by atoms with Crippen LogP contribution < -0.4 is 33.2 Å². The average Bonchev–Trinajstić information content (AvgIpc) is 3.27. The lowest BCUT2D eigenvalue weighted by molar-refractivity contribution is -0.144. The van der Waals surface area contributed by atoms with E-state index < -0.39 is 72.2 Å². The van der Waals surface area contributed by atoms with Gasteiger partial charge in [-0.2, -0.15) is 0 Å². The number of nitrogens with two attached hydrogens (primary N) is 3. The van der Waals surface area contributed by atoms with Crippen molar-refractivity contribution in [3.63, 3.8) is 0 Å². The van der Waals surface area contributed by atoms with Gasteiger partial charge in [-0.1, -0.05) is 18.2 Å². The Morgan fingerprint density at radius 1 is 0.897 bits per heavy atom. The minimum absolute atomic E-state index is 0.0578. The van der Waals surface area contributed by atoms with E-state index in [1.165, 1.54) is 6.92 Å². The molecular weight excluding hydrogens is 514 g/mol. The third-order valence-electron chi connectivity index (χ3n) is 5.89. The first-order valence-electron chi connectivity index (χ1n) is 12.0. The number of carbonyl (C=O) groups excluding carboxylic acids is 5. The van der Waals surface area contributed by atoms with Crippen molar-refractivity contribution < 1.29 is 39.0 Å². The number of rotatable bonds is 15. The van der Waals surface area contributed by atoms with Crippen LogP contribution in [0.1, 0.15) is 31.7 Å². The van der Waals surface area contributed by atoms with Crippen LogP contribution in [-0.4, -0.2) is 81.0 Å². The second kappa shape index (κ2) is 13.9. The van der Waals surface area contributed by atoms with Gasteiger partial charge in [-0.15, -0.1) is 0 Å². The molecule has 0 aliphatic carbocycles. The monoisotopic (exact) mass is 547 g/mol. The molecule has 2 rings (SSSR count). The van der Waals surface area contributed by atoms with Crippen LogP contribution in [0.15, 0.2) is 30.5 Å². The highest BCUT2D eigenvalue weighted by Crippen LogP contribution is 2.19. The van der Waals surface area contributed by atoms with Crippen molar-refractivity contribution >= 4 is 46.4 Å². The molecule has 39 heavy (non-hydrogen) atoms.